The molecule has 0 aliphatic carbocycles. The largest absolute Gasteiger partial charge is 0.271 e. The maximum atomic E-state index is 13.4. The molecule has 190 valence electrons. The predicted octanol–water partition coefficient (Wildman–Crippen LogP) is 5.49. The topological polar surface area (TPSA) is 96.7 Å². The Labute approximate surface area is 229 Å². The number of aromatic nitrogens is 2. The van der Waals surface area contributed by atoms with Gasteiger partial charge in [-0.25, -0.2) is 18.5 Å². The van der Waals surface area contributed by atoms with Crippen LogP contribution in [0.4, 0.5) is 5.69 Å². The molecule has 0 saturated heterocycles. The summed E-state index contributed by atoms with van der Waals surface area (Å²) in [6.45, 7) is 1.23. The molecular weight excluding hydrogens is 557 g/mol. The number of rotatable bonds is 8. The van der Waals surface area contributed by atoms with E-state index in [2.05, 4.69) is 15.6 Å². The molecule has 1 aromatic heterocycles. The summed E-state index contributed by atoms with van der Waals surface area (Å²) in [5.41, 5.74) is 4.50. The first kappa shape index (κ1) is 26.7. The molecule has 0 saturated carbocycles. The molecule has 0 fully saturated rings. The molecule has 12 heteroatoms. The van der Waals surface area contributed by atoms with Crippen LogP contribution in [0, 0.1) is 6.92 Å². The van der Waals surface area contributed by atoms with Crippen molar-refractivity contribution in [2.75, 3.05) is 10.8 Å². The van der Waals surface area contributed by atoms with Crippen LogP contribution in [0.25, 0.3) is 5.69 Å². The lowest BCUT2D eigenvalue weighted by atomic mass is 10.2. The van der Waals surface area contributed by atoms with Gasteiger partial charge < -0.3 is 0 Å². The van der Waals surface area contributed by atoms with Crippen molar-refractivity contribution in [2.45, 2.75) is 11.8 Å². The zero-order valence-electron chi connectivity index (χ0n) is 19.3. The van der Waals surface area contributed by atoms with Gasteiger partial charge in [-0.05, 0) is 49.4 Å². The van der Waals surface area contributed by atoms with E-state index in [1.54, 1.807) is 22.9 Å². The van der Waals surface area contributed by atoms with Crippen molar-refractivity contribution in [3.63, 3.8) is 0 Å². The summed E-state index contributed by atoms with van der Waals surface area (Å²) in [6, 6.07) is 21.4. The van der Waals surface area contributed by atoms with Gasteiger partial charge in [0.25, 0.3) is 15.9 Å². The summed E-state index contributed by atoms with van der Waals surface area (Å²) in [5.74, 6) is -0.698. The zero-order chi connectivity index (χ0) is 26.6. The molecule has 0 unspecified atom stereocenters. The summed E-state index contributed by atoms with van der Waals surface area (Å²) < 4.78 is 29.4. The van der Waals surface area contributed by atoms with E-state index in [0.29, 0.717) is 11.3 Å². The highest BCUT2D eigenvalue weighted by atomic mass is 35.5. The fourth-order valence-electron chi connectivity index (χ4n) is 3.50. The molecule has 0 aliphatic rings. The Bertz CT molecular complexity index is 1540. The molecule has 0 bridgehead atoms. The lowest BCUT2D eigenvalue weighted by molar-refractivity contribution is -0.119. The molecule has 0 spiro atoms. The van der Waals surface area contributed by atoms with E-state index >= 15 is 0 Å². The number of amides is 1. The van der Waals surface area contributed by atoms with E-state index in [0.717, 1.165) is 9.99 Å². The average molecular weight is 577 g/mol. The maximum absolute atomic E-state index is 13.4. The minimum absolute atomic E-state index is 0.00173. The standard InChI is InChI=1S/C25H20Cl3N5O3S/c1-17-23(25(28)31-33(17)20-8-4-2-5-9-20)15-29-30-24(34)16-32(21-13-18(26)12-19(27)14-21)37(35,36)22-10-6-3-7-11-22/h2-15H,16H2,1H3,(H,30,34)/b29-15-. The van der Waals surface area contributed by atoms with Gasteiger partial charge in [0, 0.05) is 10.0 Å². The third-order valence-corrected chi connectivity index (χ3v) is 7.76. The zero-order valence-corrected chi connectivity index (χ0v) is 22.4. The molecule has 1 N–H and O–H groups in total. The van der Waals surface area contributed by atoms with Crippen molar-refractivity contribution in [1.29, 1.82) is 0 Å². The van der Waals surface area contributed by atoms with E-state index in [9.17, 15) is 13.2 Å². The monoisotopic (exact) mass is 575 g/mol. The second-order valence-corrected chi connectivity index (χ2v) is 10.9. The minimum atomic E-state index is -4.13. The Morgan fingerprint density at radius 3 is 2.22 bits per heavy atom. The number of anilines is 1. The van der Waals surface area contributed by atoms with Crippen LogP contribution in [0.1, 0.15) is 11.3 Å². The van der Waals surface area contributed by atoms with E-state index in [1.165, 1.54) is 36.5 Å². The van der Waals surface area contributed by atoms with Gasteiger partial charge >= 0.3 is 0 Å². The fraction of sp³-hybridized carbons (Fsp3) is 0.0800. The number of hydrogen-bond donors (Lipinski definition) is 1. The number of halogens is 3. The number of carbonyl (C=O) groups excluding carboxylic acids is 1. The van der Waals surface area contributed by atoms with Crippen LogP contribution < -0.4 is 9.73 Å². The van der Waals surface area contributed by atoms with E-state index in [-0.39, 0.29) is 25.8 Å². The van der Waals surface area contributed by atoms with Crippen LogP contribution in [-0.2, 0) is 14.8 Å². The van der Waals surface area contributed by atoms with E-state index < -0.39 is 22.5 Å². The van der Waals surface area contributed by atoms with Crippen LogP contribution in [0.5, 0.6) is 0 Å². The Kier molecular flexibility index (Phi) is 8.19. The van der Waals surface area contributed by atoms with Crippen molar-refractivity contribution in [3.05, 3.63) is 105 Å². The van der Waals surface area contributed by atoms with Crippen LogP contribution in [0.3, 0.4) is 0 Å². The smallest absolute Gasteiger partial charge is 0.264 e. The van der Waals surface area contributed by atoms with Crippen molar-refractivity contribution < 1.29 is 13.2 Å². The first-order valence-corrected chi connectivity index (χ1v) is 13.4. The van der Waals surface area contributed by atoms with E-state index in [4.69, 9.17) is 34.8 Å². The maximum Gasteiger partial charge on any atom is 0.264 e. The second kappa shape index (κ2) is 11.4. The molecule has 1 heterocycles. The minimum Gasteiger partial charge on any atom is -0.271 e. The molecule has 8 nitrogen and oxygen atoms in total. The van der Waals surface area contributed by atoms with Crippen LogP contribution >= 0.6 is 34.8 Å². The molecule has 0 aliphatic heterocycles. The van der Waals surface area contributed by atoms with Crippen molar-refractivity contribution in [1.82, 2.24) is 15.2 Å². The third-order valence-electron chi connectivity index (χ3n) is 5.25. The van der Waals surface area contributed by atoms with Crippen LogP contribution in [0.15, 0.2) is 88.9 Å². The number of carbonyl (C=O) groups is 1. The number of hydrogen-bond acceptors (Lipinski definition) is 5. The van der Waals surface area contributed by atoms with Gasteiger partial charge in [-0.3, -0.25) is 9.10 Å². The Morgan fingerprint density at radius 2 is 1.59 bits per heavy atom. The number of hydrazone groups is 1. The molecule has 1 amide bonds. The number of benzene rings is 3. The fourth-order valence-corrected chi connectivity index (χ4v) is 5.70. The van der Waals surface area contributed by atoms with Gasteiger partial charge in [0.1, 0.15) is 6.54 Å². The van der Waals surface area contributed by atoms with Gasteiger partial charge in [0.15, 0.2) is 5.15 Å². The van der Waals surface area contributed by atoms with Gasteiger partial charge in [-0.2, -0.15) is 10.2 Å². The highest BCUT2D eigenvalue weighted by molar-refractivity contribution is 7.92. The summed E-state index contributed by atoms with van der Waals surface area (Å²) in [6.07, 6.45) is 1.36. The third kappa shape index (κ3) is 6.14. The van der Waals surface area contributed by atoms with Crippen LogP contribution in [0.2, 0.25) is 15.2 Å². The number of sulfonamides is 1. The number of nitrogens with zero attached hydrogens (tertiary/aromatic N) is 4. The quantitative estimate of drug-likeness (QED) is 0.222. The number of nitrogens with one attached hydrogen (secondary N) is 1. The normalized spacial score (nSPS) is 11.6. The number of para-hydroxylation sites is 1. The molecular formula is C25H20Cl3N5O3S. The van der Waals surface area contributed by atoms with Crippen molar-refractivity contribution in [2.24, 2.45) is 5.10 Å². The Morgan fingerprint density at radius 1 is 1.00 bits per heavy atom. The van der Waals surface area contributed by atoms with Crippen molar-refractivity contribution in [3.8, 4) is 5.69 Å². The first-order valence-electron chi connectivity index (χ1n) is 10.8. The molecule has 0 radical (unpaired) electrons. The lowest BCUT2D eigenvalue weighted by Gasteiger charge is -2.24. The first-order chi connectivity index (χ1) is 17.7. The average Bonchev–Trinajstić information content (AvgIpc) is 3.16. The molecule has 37 heavy (non-hydrogen) atoms. The highest BCUT2D eigenvalue weighted by Gasteiger charge is 2.27. The SMILES string of the molecule is Cc1c(/C=N\NC(=O)CN(c2cc(Cl)cc(Cl)c2)S(=O)(=O)c2ccccc2)c(Cl)nn1-c1ccccc1. The summed E-state index contributed by atoms with van der Waals surface area (Å²) in [4.78, 5) is 12.8. The van der Waals surface area contributed by atoms with Gasteiger partial charge in [0.2, 0.25) is 0 Å². The van der Waals surface area contributed by atoms with Crippen LogP contribution in [-0.4, -0.2) is 36.9 Å². The predicted molar refractivity (Wildman–Crippen MR) is 146 cm³/mol. The summed E-state index contributed by atoms with van der Waals surface area (Å²) in [7, 11) is -4.13. The highest BCUT2D eigenvalue weighted by Crippen LogP contribution is 2.29. The van der Waals surface area contributed by atoms with Gasteiger partial charge in [0.05, 0.1) is 33.7 Å². The molecule has 4 aromatic rings. The summed E-state index contributed by atoms with van der Waals surface area (Å²) >= 11 is 18.5. The second-order valence-electron chi connectivity index (χ2n) is 7.78. The molecule has 4 rings (SSSR count). The Balaban J connectivity index is 1.57. The molecule has 0 atom stereocenters. The lowest BCUT2D eigenvalue weighted by Crippen LogP contribution is -2.39. The van der Waals surface area contributed by atoms with Crippen molar-refractivity contribution >= 4 is 62.6 Å². The van der Waals surface area contributed by atoms with Gasteiger partial charge in [-0.1, -0.05) is 71.2 Å². The van der Waals surface area contributed by atoms with Gasteiger partial charge in [-0.15, -0.1) is 0 Å². The molecule has 3 aromatic carbocycles. The Hall–Kier alpha value is -3.37. The summed E-state index contributed by atoms with van der Waals surface area (Å²) in [5, 5.41) is 8.92. The van der Waals surface area contributed by atoms with E-state index in [1.807, 2.05) is 37.3 Å².